The van der Waals surface area contributed by atoms with Gasteiger partial charge in [0, 0.05) is 16.9 Å². The van der Waals surface area contributed by atoms with Gasteiger partial charge in [0.1, 0.15) is 17.4 Å². The number of amides is 1. The zero-order valence-corrected chi connectivity index (χ0v) is 17.1. The molecule has 0 atom stereocenters. The van der Waals surface area contributed by atoms with Crippen LogP contribution in [-0.4, -0.2) is 36.8 Å². The summed E-state index contributed by atoms with van der Waals surface area (Å²) >= 11 is 7.33. The van der Waals surface area contributed by atoms with Crippen molar-refractivity contribution in [2.45, 2.75) is 20.0 Å². The molecule has 0 aliphatic carbocycles. The molecule has 29 heavy (non-hydrogen) atoms. The second-order valence-electron chi connectivity index (χ2n) is 6.42. The Balaban J connectivity index is 1.46. The molecule has 0 saturated carbocycles. The molecule has 10 heteroatoms. The fourth-order valence-electron chi connectivity index (χ4n) is 2.89. The maximum atomic E-state index is 12.7. The lowest BCUT2D eigenvalue weighted by atomic mass is 10.2. The summed E-state index contributed by atoms with van der Waals surface area (Å²) in [6.45, 7) is 2.99. The first-order valence-corrected chi connectivity index (χ1v) is 10.1. The summed E-state index contributed by atoms with van der Waals surface area (Å²) < 4.78 is 3.14. The maximum absolute atomic E-state index is 12.7. The molecular formula is C19H17ClN6O2S. The largest absolute Gasteiger partial charge is 0.349 e. The van der Waals surface area contributed by atoms with E-state index in [4.69, 9.17) is 11.6 Å². The third-order valence-electron chi connectivity index (χ3n) is 4.35. The molecule has 0 aliphatic heterocycles. The monoisotopic (exact) mass is 428 g/mol. The molecule has 0 saturated heterocycles. The average Bonchev–Trinajstić information content (AvgIpc) is 3.32. The third-order valence-corrected chi connectivity index (χ3v) is 5.37. The van der Waals surface area contributed by atoms with E-state index in [1.807, 2.05) is 19.1 Å². The van der Waals surface area contributed by atoms with Gasteiger partial charge >= 0.3 is 0 Å². The first-order chi connectivity index (χ1) is 14.0. The van der Waals surface area contributed by atoms with Crippen LogP contribution in [-0.2, 0) is 13.1 Å². The third kappa shape index (κ3) is 4.20. The zero-order valence-electron chi connectivity index (χ0n) is 15.5. The number of benzene rings is 1. The Morgan fingerprint density at radius 3 is 2.79 bits per heavy atom. The molecule has 3 aromatic heterocycles. The Bertz CT molecular complexity index is 1230. The van der Waals surface area contributed by atoms with Crippen LogP contribution in [0, 0.1) is 6.92 Å². The van der Waals surface area contributed by atoms with Gasteiger partial charge in [0.2, 0.25) is 0 Å². The van der Waals surface area contributed by atoms with Crippen molar-refractivity contribution in [1.29, 1.82) is 0 Å². The summed E-state index contributed by atoms with van der Waals surface area (Å²) in [5.74, 6) is -0.232. The minimum atomic E-state index is -0.232. The molecular weight excluding hydrogens is 412 g/mol. The number of carbonyl (C=O) groups excluding carboxylic acids is 1. The first kappa shape index (κ1) is 19.3. The number of nitrogens with one attached hydrogen (secondary N) is 1. The van der Waals surface area contributed by atoms with E-state index in [-0.39, 0.29) is 11.5 Å². The van der Waals surface area contributed by atoms with Gasteiger partial charge in [0.05, 0.1) is 24.3 Å². The standard InChI is InChI=1S/C19H17ClN6O2S/c1-12-24-16(10-29-12)18(27)21-6-7-26-17-15(8-23-26)19(28)25(11-22-17)9-13-2-4-14(20)5-3-13/h2-5,8,10-11H,6-7,9H2,1H3,(H,21,27). The van der Waals surface area contributed by atoms with Crippen LogP contribution in [0.3, 0.4) is 0 Å². The van der Waals surface area contributed by atoms with E-state index in [9.17, 15) is 9.59 Å². The van der Waals surface area contributed by atoms with Crippen molar-refractivity contribution in [1.82, 2.24) is 29.6 Å². The summed E-state index contributed by atoms with van der Waals surface area (Å²) in [7, 11) is 0. The van der Waals surface area contributed by atoms with E-state index in [0.717, 1.165) is 10.6 Å². The summed E-state index contributed by atoms with van der Waals surface area (Å²) in [5.41, 5.74) is 1.67. The van der Waals surface area contributed by atoms with E-state index in [1.54, 1.807) is 22.2 Å². The van der Waals surface area contributed by atoms with Crippen molar-refractivity contribution >= 4 is 39.9 Å². The highest BCUT2D eigenvalue weighted by molar-refractivity contribution is 7.09. The first-order valence-electron chi connectivity index (χ1n) is 8.87. The number of fused-ring (bicyclic) bond motifs is 1. The predicted octanol–water partition coefficient (Wildman–Crippen LogP) is 2.49. The number of carbonyl (C=O) groups is 1. The fourth-order valence-corrected chi connectivity index (χ4v) is 3.61. The smallest absolute Gasteiger partial charge is 0.270 e. The molecule has 0 radical (unpaired) electrons. The van der Waals surface area contributed by atoms with Crippen LogP contribution in [0.2, 0.25) is 5.02 Å². The van der Waals surface area contributed by atoms with E-state index < -0.39 is 0 Å². The molecule has 3 heterocycles. The molecule has 1 aromatic carbocycles. The van der Waals surface area contributed by atoms with Crippen molar-refractivity contribution in [3.8, 4) is 0 Å². The molecule has 0 aliphatic rings. The summed E-state index contributed by atoms with van der Waals surface area (Å²) in [6, 6.07) is 7.31. The van der Waals surface area contributed by atoms with Gasteiger partial charge in [-0.05, 0) is 24.6 Å². The minimum absolute atomic E-state index is 0.168. The average molecular weight is 429 g/mol. The maximum Gasteiger partial charge on any atom is 0.270 e. The van der Waals surface area contributed by atoms with Gasteiger partial charge < -0.3 is 5.32 Å². The van der Waals surface area contributed by atoms with Gasteiger partial charge in [-0.3, -0.25) is 14.2 Å². The fraction of sp³-hybridized carbons (Fsp3) is 0.211. The number of nitrogens with zero attached hydrogens (tertiary/aromatic N) is 5. The number of rotatable bonds is 6. The van der Waals surface area contributed by atoms with Crippen LogP contribution in [0.4, 0.5) is 0 Å². The van der Waals surface area contributed by atoms with Crippen molar-refractivity contribution in [2.75, 3.05) is 6.54 Å². The Hall–Kier alpha value is -3.04. The highest BCUT2D eigenvalue weighted by Gasteiger charge is 2.12. The van der Waals surface area contributed by atoms with E-state index in [2.05, 4.69) is 20.4 Å². The normalized spacial score (nSPS) is 11.1. The highest BCUT2D eigenvalue weighted by Crippen LogP contribution is 2.11. The zero-order chi connectivity index (χ0) is 20.4. The molecule has 0 fully saturated rings. The van der Waals surface area contributed by atoms with Crippen LogP contribution >= 0.6 is 22.9 Å². The number of halogens is 1. The van der Waals surface area contributed by atoms with Crippen LogP contribution < -0.4 is 10.9 Å². The molecule has 4 aromatic rings. The van der Waals surface area contributed by atoms with Gasteiger partial charge in [0.15, 0.2) is 5.65 Å². The number of aryl methyl sites for hydroxylation is 1. The Morgan fingerprint density at radius 1 is 1.28 bits per heavy atom. The van der Waals surface area contributed by atoms with Gasteiger partial charge in [-0.1, -0.05) is 23.7 Å². The van der Waals surface area contributed by atoms with Gasteiger partial charge in [-0.15, -0.1) is 11.3 Å². The van der Waals surface area contributed by atoms with Crippen molar-refractivity contribution in [2.24, 2.45) is 0 Å². The summed E-state index contributed by atoms with van der Waals surface area (Å²) in [6.07, 6.45) is 3.02. The van der Waals surface area contributed by atoms with Gasteiger partial charge in [0.25, 0.3) is 11.5 Å². The second-order valence-corrected chi connectivity index (χ2v) is 7.92. The van der Waals surface area contributed by atoms with Crippen LogP contribution in [0.5, 0.6) is 0 Å². The van der Waals surface area contributed by atoms with Crippen molar-refractivity contribution < 1.29 is 4.79 Å². The van der Waals surface area contributed by atoms with Crippen LogP contribution in [0.15, 0.2) is 47.0 Å². The van der Waals surface area contributed by atoms with Crippen LogP contribution in [0.25, 0.3) is 11.0 Å². The van der Waals surface area contributed by atoms with Crippen LogP contribution in [0.1, 0.15) is 21.1 Å². The van der Waals surface area contributed by atoms with E-state index >= 15 is 0 Å². The quantitative estimate of drug-likeness (QED) is 0.509. The lowest BCUT2D eigenvalue weighted by Crippen LogP contribution is -2.28. The van der Waals surface area contributed by atoms with Crippen molar-refractivity contribution in [3.63, 3.8) is 0 Å². The molecule has 0 unspecified atom stereocenters. The Labute approximate surface area is 174 Å². The summed E-state index contributed by atoms with van der Waals surface area (Å²) in [5, 5.41) is 10.7. The van der Waals surface area contributed by atoms with Gasteiger partial charge in [-0.2, -0.15) is 5.10 Å². The molecule has 1 amide bonds. The number of hydrogen-bond donors (Lipinski definition) is 1. The number of hydrogen-bond acceptors (Lipinski definition) is 6. The second kappa shape index (κ2) is 8.14. The molecule has 0 spiro atoms. The van der Waals surface area contributed by atoms with Gasteiger partial charge in [-0.25, -0.2) is 14.6 Å². The number of thiazole rings is 1. The minimum Gasteiger partial charge on any atom is -0.349 e. The molecule has 0 bridgehead atoms. The lowest BCUT2D eigenvalue weighted by Gasteiger charge is -2.07. The molecule has 8 nitrogen and oxygen atoms in total. The topological polar surface area (TPSA) is 94.7 Å². The number of aromatic nitrogens is 5. The van der Waals surface area contributed by atoms with E-state index in [0.29, 0.717) is 41.4 Å². The Kier molecular flexibility index (Phi) is 5.41. The molecule has 4 rings (SSSR count). The van der Waals surface area contributed by atoms with E-state index in [1.165, 1.54) is 28.4 Å². The van der Waals surface area contributed by atoms with Crippen molar-refractivity contribution in [3.05, 3.63) is 73.8 Å². The molecule has 1 N–H and O–H groups in total. The Morgan fingerprint density at radius 2 is 2.07 bits per heavy atom. The predicted molar refractivity (Wildman–Crippen MR) is 112 cm³/mol. The lowest BCUT2D eigenvalue weighted by molar-refractivity contribution is 0.0947. The summed E-state index contributed by atoms with van der Waals surface area (Å²) in [4.78, 5) is 33.4. The molecule has 148 valence electrons. The SMILES string of the molecule is Cc1nc(C(=O)NCCn2ncc3c(=O)n(Cc4ccc(Cl)cc4)cnc32)cs1. The highest BCUT2D eigenvalue weighted by atomic mass is 35.5.